The van der Waals surface area contributed by atoms with E-state index in [0.717, 1.165) is 130 Å². The third kappa shape index (κ3) is 5.49. The molecule has 4 aromatic rings. The van der Waals surface area contributed by atoms with Crippen LogP contribution >= 0.6 is 0 Å². The number of aromatic carboxylic acids is 1. The summed E-state index contributed by atoms with van der Waals surface area (Å²) in [5.41, 5.74) is 16.7. The van der Waals surface area contributed by atoms with Crippen LogP contribution in [0.25, 0.3) is 5.57 Å². The summed E-state index contributed by atoms with van der Waals surface area (Å²) < 4.78 is 9.66. The van der Waals surface area contributed by atoms with Gasteiger partial charge < -0.3 is 35.5 Å². The van der Waals surface area contributed by atoms with E-state index in [-0.39, 0.29) is 11.5 Å². The van der Waals surface area contributed by atoms with Crippen LogP contribution in [0.15, 0.2) is 54.6 Å². The summed E-state index contributed by atoms with van der Waals surface area (Å²) in [6, 6.07) is 17.2. The van der Waals surface area contributed by atoms with Crippen molar-refractivity contribution in [1.29, 1.82) is 0 Å². The number of aryl methyl sites for hydroxylation is 2. The van der Waals surface area contributed by atoms with Crippen molar-refractivity contribution in [3.05, 3.63) is 110 Å². The second-order valence-electron chi connectivity index (χ2n) is 15.0. The van der Waals surface area contributed by atoms with E-state index >= 15 is 0 Å². The maximum Gasteiger partial charge on any atom is 0.251 e. The molecule has 0 saturated heterocycles. The molecule has 9 rings (SSSR count). The fraction of sp³-hybridized carbons (Fsp3) is 0.372. The minimum absolute atomic E-state index is 0.0801. The Bertz CT molecular complexity index is 2270. The molecule has 3 N–H and O–H groups in total. The lowest BCUT2D eigenvalue weighted by atomic mass is 9.81. The monoisotopic (exact) mass is 695 g/mol. The zero-order chi connectivity index (χ0) is 35.5. The van der Waals surface area contributed by atoms with Crippen LogP contribution in [0.1, 0.15) is 86.2 Å². The van der Waals surface area contributed by atoms with Crippen LogP contribution in [0, 0.1) is 0 Å². The summed E-state index contributed by atoms with van der Waals surface area (Å²) in [5, 5.41) is 18.2. The number of nitrogens with zero attached hydrogens (tertiary/aromatic N) is 3. The number of hydrogen-bond donors (Lipinski definition) is 2. The molecule has 9 heteroatoms. The molecule has 5 heterocycles. The summed E-state index contributed by atoms with van der Waals surface area (Å²) in [6.45, 7) is 5.40. The Morgan fingerprint density at radius 1 is 0.885 bits per heavy atom. The quantitative estimate of drug-likeness (QED) is 0.146. The summed E-state index contributed by atoms with van der Waals surface area (Å²) in [6.07, 6.45) is 8.79. The number of carbonyl (C=O) groups excluding carboxylic acids is 2. The van der Waals surface area contributed by atoms with Gasteiger partial charge in [-0.3, -0.25) is 4.79 Å². The Morgan fingerprint density at radius 3 is 2.44 bits per heavy atom. The lowest BCUT2D eigenvalue weighted by molar-refractivity contribution is -0.255. The number of carbonyl (C=O) groups is 2. The molecule has 52 heavy (non-hydrogen) atoms. The van der Waals surface area contributed by atoms with E-state index in [1.165, 1.54) is 33.3 Å². The Morgan fingerprint density at radius 2 is 1.63 bits per heavy atom. The Labute approximate surface area is 304 Å². The number of nitrogen functional groups attached to an aromatic ring is 1. The number of nitrogens with one attached hydrogen (secondary N) is 1. The van der Waals surface area contributed by atoms with Crippen molar-refractivity contribution in [3.63, 3.8) is 0 Å². The Kier molecular flexibility index (Phi) is 8.16. The first-order valence-corrected chi connectivity index (χ1v) is 19.0. The fourth-order valence-electron chi connectivity index (χ4n) is 9.35. The minimum atomic E-state index is -1.26. The molecule has 4 aromatic carbocycles. The molecule has 0 spiro atoms. The maximum absolute atomic E-state index is 13.7. The van der Waals surface area contributed by atoms with E-state index in [9.17, 15) is 14.7 Å². The van der Waals surface area contributed by atoms with Crippen molar-refractivity contribution >= 4 is 34.5 Å². The number of fused-ring (bicyclic) bond motifs is 4. The zero-order valence-corrected chi connectivity index (χ0v) is 29.9. The van der Waals surface area contributed by atoms with Gasteiger partial charge in [0, 0.05) is 102 Å². The molecule has 1 amide bonds. The molecule has 0 saturated carbocycles. The highest BCUT2D eigenvalue weighted by molar-refractivity contribution is 6.02. The number of amides is 1. The van der Waals surface area contributed by atoms with Gasteiger partial charge in [0.25, 0.3) is 5.91 Å². The van der Waals surface area contributed by atoms with Crippen molar-refractivity contribution in [2.45, 2.75) is 57.8 Å². The third-order valence-corrected chi connectivity index (χ3v) is 11.7. The number of carboxylic acid groups (broad SMARTS) is 1. The van der Waals surface area contributed by atoms with Gasteiger partial charge in [-0.05, 0) is 105 Å². The first kappa shape index (κ1) is 32.6. The predicted octanol–water partition coefficient (Wildman–Crippen LogP) is 3.32. The normalized spacial score (nSPS) is 16.6. The van der Waals surface area contributed by atoms with Crippen LogP contribution in [0.2, 0.25) is 0 Å². The Hall–Kier alpha value is -5.31. The number of carboxylic acids is 1. The van der Waals surface area contributed by atoms with Crippen molar-refractivity contribution in [1.82, 2.24) is 9.89 Å². The van der Waals surface area contributed by atoms with E-state index in [1.807, 2.05) is 31.3 Å². The van der Waals surface area contributed by atoms with Gasteiger partial charge in [-0.25, -0.2) is 4.58 Å². The average Bonchev–Trinajstić information content (AvgIpc) is 3.16. The van der Waals surface area contributed by atoms with E-state index in [0.29, 0.717) is 17.7 Å². The largest absolute Gasteiger partial charge is 0.545 e. The molecule has 0 unspecified atom stereocenters. The SMILES string of the molecule is CN(CCCNC(=O)c1ccc(C(=O)[O-])c(C2=c3cc4c5c(c3Oc3c2cc2c6c3CCCN6CCC2)CCC[N+]=5CCC4)c1)c1ccc(N)cc1. The van der Waals surface area contributed by atoms with Gasteiger partial charge in [0.1, 0.15) is 24.6 Å². The second kappa shape index (κ2) is 13.0. The topological polar surface area (TPSA) is 114 Å². The molecular weight excluding hydrogens is 651 g/mol. The van der Waals surface area contributed by atoms with Gasteiger partial charge in [0.15, 0.2) is 0 Å². The Balaban J connectivity index is 1.16. The van der Waals surface area contributed by atoms with E-state index in [4.69, 9.17) is 10.5 Å². The first-order chi connectivity index (χ1) is 25.4. The van der Waals surface area contributed by atoms with E-state index < -0.39 is 5.97 Å². The maximum atomic E-state index is 13.7. The van der Waals surface area contributed by atoms with Gasteiger partial charge in [0.2, 0.25) is 5.36 Å². The van der Waals surface area contributed by atoms with Crippen LogP contribution in [-0.4, -0.2) is 58.2 Å². The fourth-order valence-corrected chi connectivity index (χ4v) is 9.35. The van der Waals surface area contributed by atoms with Crippen LogP contribution in [-0.2, 0) is 25.7 Å². The van der Waals surface area contributed by atoms with Gasteiger partial charge in [-0.1, -0.05) is 6.07 Å². The van der Waals surface area contributed by atoms with Crippen LogP contribution in [0.4, 0.5) is 17.1 Å². The first-order valence-electron chi connectivity index (χ1n) is 19.0. The molecular formula is C43H45N5O4. The number of rotatable bonds is 8. The highest BCUT2D eigenvalue weighted by atomic mass is 16.5. The van der Waals surface area contributed by atoms with Gasteiger partial charge in [0.05, 0.1) is 11.5 Å². The molecule has 0 fully saturated rings. The number of hydrogen-bond acceptors (Lipinski definition) is 7. The molecule has 0 radical (unpaired) electrons. The van der Waals surface area contributed by atoms with Crippen molar-refractivity contribution in [2.75, 3.05) is 61.8 Å². The van der Waals surface area contributed by atoms with Gasteiger partial charge >= 0.3 is 0 Å². The number of anilines is 3. The molecule has 5 aliphatic heterocycles. The summed E-state index contributed by atoms with van der Waals surface area (Å²) >= 11 is 0. The lowest BCUT2D eigenvalue weighted by Crippen LogP contribution is -2.45. The minimum Gasteiger partial charge on any atom is -0.545 e. The molecule has 9 nitrogen and oxygen atoms in total. The van der Waals surface area contributed by atoms with Crippen LogP contribution in [0.5, 0.6) is 11.5 Å². The lowest BCUT2D eigenvalue weighted by Gasteiger charge is -2.39. The van der Waals surface area contributed by atoms with Crippen LogP contribution < -0.4 is 45.8 Å². The predicted molar refractivity (Wildman–Crippen MR) is 202 cm³/mol. The zero-order valence-electron chi connectivity index (χ0n) is 29.9. The van der Waals surface area contributed by atoms with E-state index in [2.05, 4.69) is 31.8 Å². The number of nitrogens with two attached hydrogens (primary N) is 1. The highest BCUT2D eigenvalue weighted by Gasteiger charge is 2.36. The third-order valence-electron chi connectivity index (χ3n) is 11.7. The highest BCUT2D eigenvalue weighted by Crippen LogP contribution is 2.48. The molecule has 0 aromatic heterocycles. The number of benzene rings is 4. The standard InChI is InChI=1S/C43H45N5O4/c1-46(30-14-12-29(44)13-15-30)18-6-17-45-42(49)28-11-16-31(43(50)51)34(25-28)37-35-23-26-7-2-19-47-21-4-9-32(38(26)47)40(35)52-41-33-10-5-22-48-20-3-8-27(39(33)48)24-36(37)41/h11-16,23-25H,2-10,17-22,44H2,1H3,(H-,45,49,50,51). The summed E-state index contributed by atoms with van der Waals surface area (Å²) in [4.78, 5) is 31.3. The second-order valence-corrected chi connectivity index (χ2v) is 15.0. The van der Waals surface area contributed by atoms with Gasteiger partial charge in [-0.2, -0.15) is 0 Å². The molecule has 0 aliphatic carbocycles. The van der Waals surface area contributed by atoms with Crippen molar-refractivity contribution in [3.8, 4) is 11.5 Å². The summed E-state index contributed by atoms with van der Waals surface area (Å²) in [5.74, 6) is 0.204. The smallest absolute Gasteiger partial charge is 0.251 e. The number of ether oxygens (including phenoxy) is 1. The van der Waals surface area contributed by atoms with E-state index in [1.54, 1.807) is 18.2 Å². The average molecular weight is 696 g/mol. The van der Waals surface area contributed by atoms with Crippen molar-refractivity contribution in [2.24, 2.45) is 0 Å². The molecule has 266 valence electrons. The van der Waals surface area contributed by atoms with Gasteiger partial charge in [-0.15, -0.1) is 0 Å². The molecule has 0 atom stereocenters. The molecule has 5 aliphatic rings. The summed E-state index contributed by atoms with van der Waals surface area (Å²) in [7, 11) is 2.02. The van der Waals surface area contributed by atoms with Crippen LogP contribution in [0.3, 0.4) is 0 Å². The van der Waals surface area contributed by atoms with Crippen molar-refractivity contribution < 1.29 is 19.4 Å². The molecule has 0 bridgehead atoms.